The molecule has 0 bridgehead atoms. The van der Waals surface area contributed by atoms with E-state index < -0.39 is 6.04 Å². The lowest BCUT2D eigenvalue weighted by Crippen LogP contribution is -2.58. The molecule has 3 amide bonds. The van der Waals surface area contributed by atoms with Crippen molar-refractivity contribution in [3.05, 3.63) is 70.2 Å². The predicted octanol–water partition coefficient (Wildman–Crippen LogP) is 6.31. The molecule has 2 N–H and O–H groups in total. The van der Waals surface area contributed by atoms with E-state index in [4.69, 9.17) is 16.3 Å². The first-order valence-corrected chi connectivity index (χ1v) is 18.0. The smallest absolute Gasteiger partial charge is 0.410 e. The van der Waals surface area contributed by atoms with Gasteiger partial charge >= 0.3 is 6.09 Å². The highest BCUT2D eigenvalue weighted by Gasteiger charge is 2.50. The molecule has 254 valence electrons. The summed E-state index contributed by atoms with van der Waals surface area (Å²) in [6.45, 7) is 6.47. The molecule has 9 heteroatoms. The van der Waals surface area contributed by atoms with Crippen LogP contribution in [0.25, 0.3) is 0 Å². The van der Waals surface area contributed by atoms with Crippen molar-refractivity contribution < 1.29 is 19.1 Å². The minimum Gasteiger partial charge on any atom is -0.447 e. The van der Waals surface area contributed by atoms with Crippen LogP contribution in [0.1, 0.15) is 87.9 Å². The Morgan fingerprint density at radius 2 is 1.70 bits per heavy atom. The number of nitrogens with one attached hydrogen (secondary N) is 2. The van der Waals surface area contributed by atoms with E-state index in [0.29, 0.717) is 43.6 Å². The third-order valence-electron chi connectivity index (χ3n) is 11.6. The quantitative estimate of drug-likeness (QED) is 0.329. The number of ether oxygens (including phenoxy) is 1. The lowest BCUT2D eigenvalue weighted by Gasteiger charge is -2.51. The number of carbonyl (C=O) groups excluding carboxylic acids is 3. The first-order valence-electron chi connectivity index (χ1n) is 17.6. The number of amides is 3. The third kappa shape index (κ3) is 7.19. The maximum atomic E-state index is 14.4. The fourth-order valence-corrected chi connectivity index (χ4v) is 8.90. The van der Waals surface area contributed by atoms with Gasteiger partial charge in [-0.25, -0.2) is 4.79 Å². The van der Waals surface area contributed by atoms with E-state index in [1.54, 1.807) is 0 Å². The van der Waals surface area contributed by atoms with Crippen LogP contribution in [0.5, 0.6) is 0 Å². The van der Waals surface area contributed by atoms with Gasteiger partial charge in [-0.05, 0) is 99.6 Å². The van der Waals surface area contributed by atoms with Gasteiger partial charge in [0, 0.05) is 37.1 Å². The number of nitrogens with zero attached hydrogens (tertiary/aromatic N) is 2. The molecule has 2 aromatic rings. The molecule has 2 unspecified atom stereocenters. The van der Waals surface area contributed by atoms with Gasteiger partial charge in [-0.15, -0.1) is 0 Å². The zero-order chi connectivity index (χ0) is 33.2. The number of fused-ring (bicyclic) bond motifs is 1. The number of halogens is 1. The number of aryl methyl sites for hydroxylation is 1. The highest BCUT2D eigenvalue weighted by atomic mass is 35.5. The maximum Gasteiger partial charge on any atom is 0.410 e. The topological polar surface area (TPSA) is 91.0 Å². The number of rotatable bonds is 9. The minimum absolute atomic E-state index is 0.0383. The lowest BCUT2D eigenvalue weighted by molar-refractivity contribution is -0.140. The summed E-state index contributed by atoms with van der Waals surface area (Å²) in [5, 5.41) is 7.25. The van der Waals surface area contributed by atoms with E-state index in [9.17, 15) is 14.4 Å². The molecule has 3 fully saturated rings. The summed E-state index contributed by atoms with van der Waals surface area (Å²) in [6, 6.07) is 15.0. The number of cyclic esters (lactones) is 1. The minimum atomic E-state index is -0.687. The standard InChI is InChI=1S/C38H51ClN4O4/c1-37(2)25-47-36(46)43(37)24-38(28-10-5-4-6-11-28)19-21-42(22-20-38)35(45)32(23-26-13-16-29(39)17-14-26)41-34(44)31-18-15-27-9-7-8-12-30(27)33(31)40-3/h7-9,12-14,16-17,28,31-33,40H,4-6,10-11,15,18-25H2,1-3H3,(H,41,44)/t31?,32-,33?/m1/s1. The van der Waals surface area contributed by atoms with Crippen molar-refractivity contribution in [3.8, 4) is 0 Å². The molecule has 2 aliphatic heterocycles. The number of piperidine rings is 1. The Morgan fingerprint density at radius 1 is 1.00 bits per heavy atom. The van der Waals surface area contributed by atoms with Gasteiger partial charge in [-0.3, -0.25) is 14.5 Å². The molecule has 1 saturated carbocycles. The Hall–Kier alpha value is -3.10. The fourth-order valence-electron chi connectivity index (χ4n) is 8.77. The summed E-state index contributed by atoms with van der Waals surface area (Å²) in [5.41, 5.74) is 2.98. The molecule has 47 heavy (non-hydrogen) atoms. The first kappa shape index (κ1) is 33.8. The number of hydrogen-bond donors (Lipinski definition) is 2. The molecule has 8 nitrogen and oxygen atoms in total. The normalized spacial score (nSPS) is 24.7. The SMILES string of the molecule is CNC1c2ccccc2CCC1C(=O)N[C@H](Cc1ccc(Cl)cc1)C(=O)N1CCC(CN2C(=O)OCC2(C)C)(C2CCCCC2)CC1. The second kappa shape index (κ2) is 14.2. The van der Waals surface area contributed by atoms with Crippen molar-refractivity contribution in [1.82, 2.24) is 20.4 Å². The number of benzene rings is 2. The van der Waals surface area contributed by atoms with Crippen LogP contribution in [0.3, 0.4) is 0 Å². The monoisotopic (exact) mass is 662 g/mol. The van der Waals surface area contributed by atoms with Crippen LogP contribution in [0.15, 0.2) is 48.5 Å². The Balaban J connectivity index is 1.20. The first-order chi connectivity index (χ1) is 22.6. The molecule has 2 aromatic carbocycles. The van der Waals surface area contributed by atoms with Crippen molar-refractivity contribution >= 4 is 29.5 Å². The number of likely N-dealkylation sites (tertiary alicyclic amines) is 1. The summed E-state index contributed by atoms with van der Waals surface area (Å²) in [6.07, 6.45) is 9.45. The van der Waals surface area contributed by atoms with E-state index in [1.807, 2.05) is 53.2 Å². The van der Waals surface area contributed by atoms with Gasteiger partial charge in [0.05, 0.1) is 11.5 Å². The zero-order valence-corrected chi connectivity index (χ0v) is 29.0. The molecule has 6 rings (SSSR count). The van der Waals surface area contributed by atoms with Crippen LogP contribution in [0.2, 0.25) is 5.02 Å². The number of hydrogen-bond acceptors (Lipinski definition) is 5. The summed E-state index contributed by atoms with van der Waals surface area (Å²) in [4.78, 5) is 45.2. The second-order valence-corrected chi connectivity index (χ2v) is 15.4. The summed E-state index contributed by atoms with van der Waals surface area (Å²) in [5.74, 6) is 0.118. The molecule has 0 radical (unpaired) electrons. The molecule has 0 spiro atoms. The van der Waals surface area contributed by atoms with Crippen molar-refractivity contribution in [2.45, 2.75) is 95.7 Å². The Morgan fingerprint density at radius 3 is 2.36 bits per heavy atom. The van der Waals surface area contributed by atoms with E-state index in [2.05, 4.69) is 36.6 Å². The second-order valence-electron chi connectivity index (χ2n) is 15.0. The molecule has 2 saturated heterocycles. The van der Waals surface area contributed by atoms with Gasteiger partial charge < -0.3 is 20.3 Å². The molecule has 2 heterocycles. The fraction of sp³-hybridized carbons (Fsp3) is 0.605. The van der Waals surface area contributed by atoms with Crippen LogP contribution in [0, 0.1) is 17.3 Å². The molecular weight excluding hydrogens is 612 g/mol. The van der Waals surface area contributed by atoms with Crippen molar-refractivity contribution in [3.63, 3.8) is 0 Å². The Bertz CT molecular complexity index is 1430. The molecule has 4 aliphatic rings. The van der Waals surface area contributed by atoms with Crippen LogP contribution in [0.4, 0.5) is 4.79 Å². The average Bonchev–Trinajstić information content (AvgIpc) is 3.35. The van der Waals surface area contributed by atoms with E-state index >= 15 is 0 Å². The third-order valence-corrected chi connectivity index (χ3v) is 11.9. The lowest BCUT2D eigenvalue weighted by atomic mass is 9.63. The highest BCUT2D eigenvalue weighted by molar-refractivity contribution is 6.30. The maximum absolute atomic E-state index is 14.4. The molecule has 3 atom stereocenters. The van der Waals surface area contributed by atoms with Crippen molar-refractivity contribution in [2.75, 3.05) is 33.3 Å². The van der Waals surface area contributed by atoms with Gasteiger partial charge in [0.2, 0.25) is 11.8 Å². The van der Waals surface area contributed by atoms with Gasteiger partial charge in [-0.2, -0.15) is 0 Å². The summed E-state index contributed by atoms with van der Waals surface area (Å²) in [7, 11) is 1.90. The van der Waals surface area contributed by atoms with Gasteiger partial charge in [0.25, 0.3) is 0 Å². The van der Waals surface area contributed by atoms with Gasteiger partial charge in [0.1, 0.15) is 12.6 Å². The van der Waals surface area contributed by atoms with Crippen molar-refractivity contribution in [1.29, 1.82) is 0 Å². The Labute approximate surface area is 284 Å². The van der Waals surface area contributed by atoms with Crippen LogP contribution in [-0.2, 0) is 27.2 Å². The van der Waals surface area contributed by atoms with Gasteiger partial charge in [-0.1, -0.05) is 67.3 Å². The number of carbonyl (C=O) groups is 3. The molecule has 2 aliphatic carbocycles. The highest BCUT2D eigenvalue weighted by Crippen LogP contribution is 2.48. The summed E-state index contributed by atoms with van der Waals surface area (Å²) < 4.78 is 5.50. The van der Waals surface area contributed by atoms with E-state index in [1.165, 1.54) is 37.7 Å². The van der Waals surface area contributed by atoms with Crippen LogP contribution in [-0.4, -0.2) is 72.6 Å². The zero-order valence-electron chi connectivity index (χ0n) is 28.2. The van der Waals surface area contributed by atoms with E-state index in [0.717, 1.165) is 36.8 Å². The largest absolute Gasteiger partial charge is 0.447 e. The van der Waals surface area contributed by atoms with Crippen molar-refractivity contribution in [2.24, 2.45) is 17.3 Å². The van der Waals surface area contributed by atoms with Crippen LogP contribution < -0.4 is 10.6 Å². The van der Waals surface area contributed by atoms with Crippen LogP contribution >= 0.6 is 11.6 Å². The average molecular weight is 663 g/mol. The van der Waals surface area contributed by atoms with Gasteiger partial charge in [0.15, 0.2) is 0 Å². The molecule has 0 aromatic heterocycles. The molecular formula is C38H51ClN4O4. The predicted molar refractivity (Wildman–Crippen MR) is 184 cm³/mol. The Kier molecular flexibility index (Phi) is 10.2. The van der Waals surface area contributed by atoms with E-state index in [-0.39, 0.29) is 40.8 Å². The summed E-state index contributed by atoms with van der Waals surface area (Å²) >= 11 is 6.19.